The fraction of sp³-hybridized carbons (Fsp3) is 0.333. The van der Waals surface area contributed by atoms with E-state index in [2.05, 4.69) is 50.4 Å². The molecular weight excluding hydrogens is 338 g/mol. The minimum absolute atomic E-state index is 0.407. The number of nitrogens with one attached hydrogen (secondary N) is 1. The van der Waals surface area contributed by atoms with Crippen LogP contribution in [-0.2, 0) is 13.1 Å². The fourth-order valence-corrected chi connectivity index (χ4v) is 3.31. The third kappa shape index (κ3) is 5.31. The Balaban J connectivity index is 1.50. The summed E-state index contributed by atoms with van der Waals surface area (Å²) in [5, 5.41) is 3.39. The molecule has 0 atom stereocenters. The Morgan fingerprint density at radius 2 is 1.74 bits per heavy atom. The van der Waals surface area contributed by atoms with Crippen LogP contribution in [0.3, 0.4) is 0 Å². The van der Waals surface area contributed by atoms with E-state index in [0.717, 1.165) is 44.2 Å². The molecule has 2 aromatic carbocycles. The van der Waals surface area contributed by atoms with Crippen LogP contribution in [0.25, 0.3) is 0 Å². The molecule has 1 fully saturated rings. The zero-order valence-electron chi connectivity index (χ0n) is 15.8. The molecule has 0 spiro atoms. The van der Waals surface area contributed by atoms with Gasteiger partial charge in [0.15, 0.2) is 5.96 Å². The van der Waals surface area contributed by atoms with Gasteiger partial charge < -0.3 is 16.0 Å². The highest BCUT2D eigenvalue weighted by Crippen LogP contribution is 2.09. The van der Waals surface area contributed by atoms with Crippen LogP contribution < -0.4 is 11.1 Å². The first-order chi connectivity index (χ1) is 13.2. The molecule has 0 radical (unpaired) electrons. The van der Waals surface area contributed by atoms with Gasteiger partial charge in [-0.25, -0.2) is 0 Å². The smallest absolute Gasteiger partial charge is 0.248 e. The van der Waals surface area contributed by atoms with E-state index in [-0.39, 0.29) is 0 Å². The minimum Gasteiger partial charge on any atom is -0.366 e. The molecule has 1 saturated heterocycles. The Morgan fingerprint density at radius 3 is 2.41 bits per heavy atom. The Morgan fingerprint density at radius 1 is 1.04 bits per heavy atom. The molecule has 0 unspecified atom stereocenters. The van der Waals surface area contributed by atoms with Crippen LogP contribution >= 0.6 is 0 Å². The van der Waals surface area contributed by atoms with E-state index in [1.54, 1.807) is 13.1 Å². The third-order valence-electron chi connectivity index (χ3n) is 4.79. The summed E-state index contributed by atoms with van der Waals surface area (Å²) in [5.41, 5.74) is 8.24. The number of nitrogens with zero attached hydrogens (tertiary/aromatic N) is 3. The van der Waals surface area contributed by atoms with Crippen molar-refractivity contribution in [3.05, 3.63) is 71.3 Å². The molecule has 27 heavy (non-hydrogen) atoms. The molecule has 0 aliphatic carbocycles. The van der Waals surface area contributed by atoms with Gasteiger partial charge in [0.1, 0.15) is 0 Å². The number of amides is 1. The molecule has 0 bridgehead atoms. The maximum Gasteiger partial charge on any atom is 0.248 e. The highest BCUT2D eigenvalue weighted by molar-refractivity contribution is 5.92. The lowest BCUT2D eigenvalue weighted by Gasteiger charge is -2.36. The Labute approximate surface area is 160 Å². The number of primary amides is 1. The molecule has 1 aliphatic heterocycles. The maximum absolute atomic E-state index is 11.3. The number of carbonyl (C=O) groups excluding carboxylic acids is 1. The van der Waals surface area contributed by atoms with E-state index >= 15 is 0 Å². The molecule has 6 nitrogen and oxygen atoms in total. The van der Waals surface area contributed by atoms with E-state index in [4.69, 9.17) is 5.73 Å². The van der Waals surface area contributed by atoms with E-state index < -0.39 is 5.91 Å². The lowest BCUT2D eigenvalue weighted by Crippen LogP contribution is -2.52. The topological polar surface area (TPSA) is 74.0 Å². The number of aliphatic imine (C=N–C) groups is 1. The highest BCUT2D eigenvalue weighted by Gasteiger charge is 2.19. The molecule has 0 saturated carbocycles. The summed E-state index contributed by atoms with van der Waals surface area (Å²) in [5.74, 6) is 0.481. The summed E-state index contributed by atoms with van der Waals surface area (Å²) in [6.45, 7) is 5.49. The Hall–Kier alpha value is -2.86. The van der Waals surface area contributed by atoms with Gasteiger partial charge in [0, 0.05) is 51.9 Å². The number of hydrogen-bond donors (Lipinski definition) is 2. The van der Waals surface area contributed by atoms with Crippen molar-refractivity contribution in [2.45, 2.75) is 13.1 Å². The van der Waals surface area contributed by atoms with Gasteiger partial charge in [-0.2, -0.15) is 0 Å². The van der Waals surface area contributed by atoms with E-state index in [0.29, 0.717) is 12.1 Å². The number of piperazine rings is 1. The molecule has 3 N–H and O–H groups in total. The summed E-state index contributed by atoms with van der Waals surface area (Å²) in [4.78, 5) is 20.5. The Bertz CT molecular complexity index is 782. The average Bonchev–Trinajstić information content (AvgIpc) is 2.70. The first-order valence-electron chi connectivity index (χ1n) is 9.26. The van der Waals surface area contributed by atoms with Gasteiger partial charge >= 0.3 is 0 Å². The minimum atomic E-state index is -0.407. The van der Waals surface area contributed by atoms with Gasteiger partial charge in [-0.1, -0.05) is 42.5 Å². The molecule has 0 aromatic heterocycles. The molecule has 1 aliphatic rings. The summed E-state index contributed by atoms with van der Waals surface area (Å²) in [6, 6.07) is 17.9. The molecule has 2 aromatic rings. The first-order valence-corrected chi connectivity index (χ1v) is 9.26. The number of benzene rings is 2. The van der Waals surface area contributed by atoms with Gasteiger partial charge in [0.25, 0.3) is 0 Å². The van der Waals surface area contributed by atoms with Crippen molar-refractivity contribution in [1.29, 1.82) is 0 Å². The SMILES string of the molecule is CN=C(NCc1cccc(C(N)=O)c1)N1CCN(Cc2ccccc2)CC1. The number of hydrogen-bond acceptors (Lipinski definition) is 3. The fourth-order valence-electron chi connectivity index (χ4n) is 3.31. The van der Waals surface area contributed by atoms with Crippen molar-refractivity contribution in [2.24, 2.45) is 10.7 Å². The van der Waals surface area contributed by atoms with Gasteiger partial charge in [-0.05, 0) is 23.3 Å². The average molecular weight is 365 g/mol. The lowest BCUT2D eigenvalue weighted by molar-refractivity contribution is 0.1000. The summed E-state index contributed by atoms with van der Waals surface area (Å²) < 4.78 is 0. The number of rotatable bonds is 5. The second-order valence-corrected chi connectivity index (χ2v) is 6.71. The van der Waals surface area contributed by atoms with Crippen LogP contribution in [0.4, 0.5) is 0 Å². The summed E-state index contributed by atoms with van der Waals surface area (Å²) in [6.07, 6.45) is 0. The summed E-state index contributed by atoms with van der Waals surface area (Å²) in [7, 11) is 1.80. The molecular formula is C21H27N5O. The molecule has 1 amide bonds. The molecule has 3 rings (SSSR count). The monoisotopic (exact) mass is 365 g/mol. The first kappa shape index (κ1) is 18.9. The number of carbonyl (C=O) groups is 1. The molecule has 6 heteroatoms. The second kappa shape index (κ2) is 9.19. The van der Waals surface area contributed by atoms with E-state index in [1.165, 1.54) is 5.56 Å². The van der Waals surface area contributed by atoms with Crippen molar-refractivity contribution in [3.8, 4) is 0 Å². The van der Waals surface area contributed by atoms with Crippen LogP contribution in [0.1, 0.15) is 21.5 Å². The number of guanidine groups is 1. The van der Waals surface area contributed by atoms with Crippen molar-refractivity contribution in [2.75, 3.05) is 33.2 Å². The standard InChI is InChI=1S/C21H27N5O/c1-23-21(24-15-18-8-5-9-19(14-18)20(22)27)26-12-10-25(11-13-26)16-17-6-3-2-4-7-17/h2-9,14H,10-13,15-16H2,1H3,(H2,22,27)(H,23,24). The van der Waals surface area contributed by atoms with Crippen molar-refractivity contribution in [1.82, 2.24) is 15.1 Å². The second-order valence-electron chi connectivity index (χ2n) is 6.71. The Kier molecular flexibility index (Phi) is 6.44. The van der Waals surface area contributed by atoms with Crippen LogP contribution in [0.2, 0.25) is 0 Å². The number of nitrogens with two attached hydrogens (primary N) is 1. The van der Waals surface area contributed by atoms with Gasteiger partial charge in [-0.15, -0.1) is 0 Å². The normalized spacial score (nSPS) is 15.6. The van der Waals surface area contributed by atoms with Gasteiger partial charge in [-0.3, -0.25) is 14.7 Å². The largest absolute Gasteiger partial charge is 0.366 e. The lowest BCUT2D eigenvalue weighted by atomic mass is 10.1. The highest BCUT2D eigenvalue weighted by atomic mass is 16.1. The predicted molar refractivity (Wildman–Crippen MR) is 108 cm³/mol. The zero-order valence-corrected chi connectivity index (χ0v) is 15.8. The molecule has 1 heterocycles. The van der Waals surface area contributed by atoms with Gasteiger partial charge in [0.05, 0.1) is 0 Å². The third-order valence-corrected chi connectivity index (χ3v) is 4.79. The van der Waals surface area contributed by atoms with Crippen molar-refractivity contribution >= 4 is 11.9 Å². The van der Waals surface area contributed by atoms with Crippen LogP contribution in [0.15, 0.2) is 59.6 Å². The van der Waals surface area contributed by atoms with E-state index in [1.807, 2.05) is 18.2 Å². The molecule has 142 valence electrons. The summed E-state index contributed by atoms with van der Waals surface area (Å²) >= 11 is 0. The van der Waals surface area contributed by atoms with Crippen molar-refractivity contribution < 1.29 is 4.79 Å². The quantitative estimate of drug-likeness (QED) is 0.625. The zero-order chi connectivity index (χ0) is 19.1. The predicted octanol–water partition coefficient (Wildman–Crippen LogP) is 1.68. The van der Waals surface area contributed by atoms with Gasteiger partial charge in [0.2, 0.25) is 5.91 Å². The maximum atomic E-state index is 11.3. The van der Waals surface area contributed by atoms with Crippen LogP contribution in [-0.4, -0.2) is 54.9 Å². The van der Waals surface area contributed by atoms with Crippen molar-refractivity contribution in [3.63, 3.8) is 0 Å². The van der Waals surface area contributed by atoms with Crippen LogP contribution in [0, 0.1) is 0 Å². The van der Waals surface area contributed by atoms with E-state index in [9.17, 15) is 4.79 Å². The van der Waals surface area contributed by atoms with Crippen LogP contribution in [0.5, 0.6) is 0 Å².